The van der Waals surface area contributed by atoms with Crippen molar-refractivity contribution in [2.45, 2.75) is 24.0 Å². The van der Waals surface area contributed by atoms with Gasteiger partial charge in [0, 0.05) is 10.5 Å². The zero-order chi connectivity index (χ0) is 13.6. The Balaban J connectivity index is 3.06. The minimum atomic E-state index is -3.28. The highest BCUT2D eigenvalue weighted by Crippen LogP contribution is 2.16. The molecule has 0 fully saturated rings. The van der Waals surface area contributed by atoms with Crippen molar-refractivity contribution < 1.29 is 8.42 Å². The van der Waals surface area contributed by atoms with Crippen molar-refractivity contribution in [3.8, 4) is 11.8 Å². The summed E-state index contributed by atoms with van der Waals surface area (Å²) in [5.74, 6) is 5.40. The summed E-state index contributed by atoms with van der Waals surface area (Å²) >= 11 is 0. The van der Waals surface area contributed by atoms with Crippen LogP contribution in [0.4, 0.5) is 0 Å². The molecule has 0 aliphatic rings. The molecule has 0 amide bonds. The molecule has 0 saturated carbocycles. The van der Waals surface area contributed by atoms with Gasteiger partial charge in [-0.2, -0.15) is 0 Å². The van der Waals surface area contributed by atoms with E-state index in [0.29, 0.717) is 5.56 Å². The highest BCUT2D eigenvalue weighted by atomic mass is 32.2. The molecule has 94 valence electrons. The summed E-state index contributed by atoms with van der Waals surface area (Å²) in [6, 6.07) is 6.43. The Morgan fingerprint density at radius 1 is 1.44 bits per heavy atom. The van der Waals surface area contributed by atoms with Crippen LogP contribution in [-0.2, 0) is 9.84 Å². The van der Waals surface area contributed by atoms with Crippen LogP contribution in [-0.4, -0.2) is 20.2 Å². The van der Waals surface area contributed by atoms with Crippen LogP contribution in [0, 0.1) is 11.8 Å². The maximum atomic E-state index is 11.9. The third-order valence-corrected chi connectivity index (χ3v) is 4.38. The van der Waals surface area contributed by atoms with E-state index in [2.05, 4.69) is 21.9 Å². The first-order valence-electron chi connectivity index (χ1n) is 5.32. The number of rotatable bonds is 3. The normalized spacial score (nSPS) is 10.4. The fourth-order valence-electron chi connectivity index (χ4n) is 1.23. The van der Waals surface area contributed by atoms with Gasteiger partial charge in [-0.25, -0.2) is 8.42 Å². The molecule has 6 heteroatoms. The van der Waals surface area contributed by atoms with Gasteiger partial charge < -0.3 is 0 Å². The lowest BCUT2D eigenvalue weighted by Crippen LogP contribution is -2.13. The molecule has 0 heterocycles. The fourth-order valence-corrected chi connectivity index (χ4v) is 2.34. The minimum absolute atomic E-state index is 0.0671. The van der Waals surface area contributed by atoms with Crippen molar-refractivity contribution in [1.29, 1.82) is 0 Å². The maximum Gasteiger partial charge on any atom is 0.180 e. The van der Waals surface area contributed by atoms with Gasteiger partial charge in [-0.05, 0) is 37.6 Å². The molecule has 0 saturated heterocycles. The molecule has 0 aliphatic heterocycles. The molecule has 5 nitrogen and oxygen atoms in total. The quantitative estimate of drug-likeness (QED) is 0.363. The molecule has 0 aromatic heterocycles. The first-order valence-corrected chi connectivity index (χ1v) is 6.87. The molecule has 0 bridgehead atoms. The lowest BCUT2D eigenvalue weighted by atomic mass is 10.2. The Labute approximate surface area is 106 Å². The summed E-state index contributed by atoms with van der Waals surface area (Å²) in [6.45, 7) is 3.34. The van der Waals surface area contributed by atoms with Gasteiger partial charge in [-0.1, -0.05) is 23.0 Å². The lowest BCUT2D eigenvalue weighted by Gasteiger charge is -2.07. The number of benzene rings is 1. The van der Waals surface area contributed by atoms with Crippen LogP contribution in [0.1, 0.15) is 19.4 Å². The highest BCUT2D eigenvalue weighted by Gasteiger charge is 2.18. The number of hydrogen-bond acceptors (Lipinski definition) is 3. The van der Waals surface area contributed by atoms with E-state index in [-0.39, 0.29) is 11.4 Å². The second-order valence-electron chi connectivity index (χ2n) is 3.81. The molecule has 0 aliphatic carbocycles. The van der Waals surface area contributed by atoms with Gasteiger partial charge in [-0.15, -0.1) is 0 Å². The molecule has 0 spiro atoms. The Bertz CT molecular complexity index is 633. The van der Waals surface area contributed by atoms with E-state index in [9.17, 15) is 8.42 Å². The topological polar surface area (TPSA) is 82.9 Å². The minimum Gasteiger partial charge on any atom is -0.223 e. The molecule has 0 radical (unpaired) electrons. The third-order valence-electron chi connectivity index (χ3n) is 2.23. The summed E-state index contributed by atoms with van der Waals surface area (Å²) in [5, 5.41) is 2.81. The Morgan fingerprint density at radius 3 is 2.78 bits per heavy atom. The van der Waals surface area contributed by atoms with E-state index < -0.39 is 15.1 Å². The smallest absolute Gasteiger partial charge is 0.180 e. The second kappa shape index (κ2) is 6.10. The van der Waals surface area contributed by atoms with Crippen LogP contribution in [0.5, 0.6) is 0 Å². The number of sulfone groups is 1. The van der Waals surface area contributed by atoms with Crippen molar-refractivity contribution in [2.24, 2.45) is 5.11 Å². The summed E-state index contributed by atoms with van der Waals surface area (Å²) in [4.78, 5) is 2.83. The van der Waals surface area contributed by atoms with Crippen LogP contribution in [0.3, 0.4) is 0 Å². The maximum absolute atomic E-state index is 11.9. The summed E-state index contributed by atoms with van der Waals surface area (Å²) in [7, 11) is -3.28. The van der Waals surface area contributed by atoms with Crippen LogP contribution in [0.2, 0.25) is 0 Å². The average Bonchev–Trinajstić information content (AvgIpc) is 2.35. The van der Waals surface area contributed by atoms with Gasteiger partial charge in [0.2, 0.25) is 0 Å². The zero-order valence-corrected chi connectivity index (χ0v) is 11.0. The molecule has 1 rings (SSSR count). The molecule has 1 aromatic carbocycles. The van der Waals surface area contributed by atoms with Crippen molar-refractivity contribution in [1.82, 2.24) is 0 Å². The molecular formula is C12H13N3O2S. The first-order chi connectivity index (χ1) is 8.48. The molecular weight excluding hydrogens is 250 g/mol. The Hall–Kier alpha value is -1.96. The van der Waals surface area contributed by atoms with Gasteiger partial charge >= 0.3 is 0 Å². The van der Waals surface area contributed by atoms with E-state index in [1.165, 1.54) is 6.07 Å². The monoisotopic (exact) mass is 263 g/mol. The van der Waals surface area contributed by atoms with E-state index in [1.54, 1.807) is 32.0 Å². The Kier molecular flexibility index (Phi) is 4.78. The molecule has 0 atom stereocenters. The largest absolute Gasteiger partial charge is 0.223 e. The van der Waals surface area contributed by atoms with Crippen LogP contribution >= 0.6 is 0 Å². The molecule has 1 aromatic rings. The molecule has 0 unspecified atom stereocenters. The predicted molar refractivity (Wildman–Crippen MR) is 69.7 cm³/mol. The number of nitrogens with zero attached hydrogens (tertiary/aromatic N) is 3. The summed E-state index contributed by atoms with van der Waals surface area (Å²) in [6.07, 6.45) is 0. The van der Waals surface area contributed by atoms with Gasteiger partial charge in [0.1, 0.15) is 0 Å². The number of hydrogen-bond donors (Lipinski definition) is 0. The van der Waals surface area contributed by atoms with Crippen LogP contribution in [0.25, 0.3) is 10.4 Å². The summed E-state index contributed by atoms with van der Waals surface area (Å²) < 4.78 is 23.9. The molecule has 18 heavy (non-hydrogen) atoms. The molecule has 0 N–H and O–H groups in total. The standard InChI is InChI=1S/C12H13N3O2S/c1-10(2)18(16,17)12-7-3-5-11(9-12)6-4-8-14-15-13/h3,5,7,9-10H,8H2,1-2H3. The Morgan fingerprint density at radius 2 is 2.17 bits per heavy atom. The second-order valence-corrected chi connectivity index (χ2v) is 6.32. The average molecular weight is 263 g/mol. The zero-order valence-electron chi connectivity index (χ0n) is 10.2. The first kappa shape index (κ1) is 14.1. The van der Waals surface area contributed by atoms with Crippen LogP contribution < -0.4 is 0 Å². The fraction of sp³-hybridized carbons (Fsp3) is 0.333. The lowest BCUT2D eigenvalue weighted by molar-refractivity contribution is 0.587. The van der Waals surface area contributed by atoms with Crippen molar-refractivity contribution in [2.75, 3.05) is 6.54 Å². The van der Waals surface area contributed by atoms with Crippen LogP contribution in [0.15, 0.2) is 34.3 Å². The van der Waals surface area contributed by atoms with Gasteiger partial charge in [-0.3, -0.25) is 0 Å². The van der Waals surface area contributed by atoms with E-state index in [0.717, 1.165) is 0 Å². The predicted octanol–water partition coefficient (Wildman–Crippen LogP) is 2.53. The SMILES string of the molecule is CC(C)S(=O)(=O)c1cccc(C#CCN=[N+]=[N-])c1. The highest BCUT2D eigenvalue weighted by molar-refractivity contribution is 7.92. The van der Waals surface area contributed by atoms with E-state index in [4.69, 9.17) is 5.53 Å². The van der Waals surface area contributed by atoms with Crippen molar-refractivity contribution in [3.05, 3.63) is 40.3 Å². The summed E-state index contributed by atoms with van der Waals surface area (Å²) in [5.41, 5.74) is 8.67. The van der Waals surface area contributed by atoms with Gasteiger partial charge in [0.05, 0.1) is 16.7 Å². The van der Waals surface area contributed by atoms with Gasteiger partial charge in [0.15, 0.2) is 9.84 Å². The third kappa shape index (κ3) is 3.52. The van der Waals surface area contributed by atoms with E-state index >= 15 is 0 Å². The van der Waals surface area contributed by atoms with Gasteiger partial charge in [0.25, 0.3) is 0 Å². The number of azide groups is 1. The van der Waals surface area contributed by atoms with E-state index in [1.807, 2.05) is 0 Å². The van der Waals surface area contributed by atoms with Crippen molar-refractivity contribution in [3.63, 3.8) is 0 Å². The van der Waals surface area contributed by atoms with Crippen molar-refractivity contribution >= 4 is 9.84 Å².